The summed E-state index contributed by atoms with van der Waals surface area (Å²) >= 11 is 0. The second kappa shape index (κ2) is 5.62. The molecular weight excluding hydrogens is 260 g/mol. The van der Waals surface area contributed by atoms with Crippen LogP contribution in [-0.2, 0) is 9.47 Å². The first-order chi connectivity index (χ1) is 9.81. The Bertz CT molecular complexity index is 533. The summed E-state index contributed by atoms with van der Waals surface area (Å²) in [7, 11) is 0. The van der Waals surface area contributed by atoms with E-state index in [1.54, 1.807) is 12.5 Å². The van der Waals surface area contributed by atoms with Crippen LogP contribution in [-0.4, -0.2) is 46.9 Å². The third-order valence-corrected chi connectivity index (χ3v) is 3.15. The number of imidazole rings is 1. The molecular formula is C14H16N2O4. The van der Waals surface area contributed by atoms with Crippen molar-refractivity contribution >= 4 is 0 Å². The largest absolute Gasteiger partial charge is 0.488 e. The molecule has 3 rings (SSSR count). The number of aliphatic hydroxyl groups excluding tert-OH is 1. The molecule has 0 bridgehead atoms. The minimum absolute atomic E-state index is 0.161. The molecule has 6 heteroatoms. The molecule has 0 amide bonds. The van der Waals surface area contributed by atoms with Crippen LogP contribution < -0.4 is 4.74 Å². The average Bonchev–Trinajstić information content (AvgIpc) is 3.18. The fraction of sp³-hybridized carbons (Fsp3) is 0.357. The van der Waals surface area contributed by atoms with E-state index in [9.17, 15) is 5.11 Å². The van der Waals surface area contributed by atoms with E-state index in [4.69, 9.17) is 14.2 Å². The fourth-order valence-electron chi connectivity index (χ4n) is 2.04. The molecule has 0 aliphatic carbocycles. The lowest BCUT2D eigenvalue weighted by Crippen LogP contribution is -2.41. The molecule has 20 heavy (non-hydrogen) atoms. The van der Waals surface area contributed by atoms with E-state index < -0.39 is 5.79 Å². The topological polar surface area (TPSA) is 65.7 Å². The van der Waals surface area contributed by atoms with Gasteiger partial charge >= 0.3 is 0 Å². The fourth-order valence-corrected chi connectivity index (χ4v) is 2.04. The maximum Gasteiger partial charge on any atom is 0.227 e. The van der Waals surface area contributed by atoms with Crippen LogP contribution in [0.3, 0.4) is 0 Å². The zero-order valence-electron chi connectivity index (χ0n) is 10.9. The molecule has 0 atom stereocenters. The van der Waals surface area contributed by atoms with Gasteiger partial charge in [0.1, 0.15) is 19.0 Å². The average molecular weight is 276 g/mol. The lowest BCUT2D eigenvalue weighted by molar-refractivity contribution is -0.199. The summed E-state index contributed by atoms with van der Waals surface area (Å²) in [6, 6.07) is 7.57. The van der Waals surface area contributed by atoms with Gasteiger partial charge in [0.25, 0.3) is 0 Å². The Hall–Kier alpha value is -1.89. The summed E-state index contributed by atoms with van der Waals surface area (Å²) in [5.41, 5.74) is 1.00. The van der Waals surface area contributed by atoms with Crippen LogP contribution in [0.25, 0.3) is 5.69 Å². The van der Waals surface area contributed by atoms with Crippen molar-refractivity contribution in [2.45, 2.75) is 5.79 Å². The van der Waals surface area contributed by atoms with Gasteiger partial charge in [-0.25, -0.2) is 4.98 Å². The van der Waals surface area contributed by atoms with Crippen LogP contribution in [0.5, 0.6) is 5.75 Å². The van der Waals surface area contributed by atoms with Gasteiger partial charge in [-0.05, 0) is 24.3 Å². The summed E-state index contributed by atoms with van der Waals surface area (Å²) in [6.45, 7) is 0.890. The Morgan fingerprint density at radius 3 is 2.60 bits per heavy atom. The number of nitrogens with zero attached hydrogens (tertiary/aromatic N) is 2. The van der Waals surface area contributed by atoms with Crippen molar-refractivity contribution in [2.24, 2.45) is 0 Å². The molecule has 1 aromatic carbocycles. The van der Waals surface area contributed by atoms with E-state index in [2.05, 4.69) is 4.98 Å². The van der Waals surface area contributed by atoms with Crippen LogP contribution >= 0.6 is 0 Å². The predicted molar refractivity (Wildman–Crippen MR) is 70.8 cm³/mol. The number of hydrogen-bond acceptors (Lipinski definition) is 5. The highest BCUT2D eigenvalue weighted by Crippen LogP contribution is 2.22. The second-order valence-electron chi connectivity index (χ2n) is 4.52. The van der Waals surface area contributed by atoms with Gasteiger partial charge < -0.3 is 23.9 Å². The van der Waals surface area contributed by atoms with E-state index in [1.165, 1.54) is 0 Å². The van der Waals surface area contributed by atoms with E-state index in [0.717, 1.165) is 5.69 Å². The molecule has 1 fully saturated rings. The summed E-state index contributed by atoms with van der Waals surface area (Å²) in [4.78, 5) is 4.00. The van der Waals surface area contributed by atoms with Crippen LogP contribution in [0.1, 0.15) is 0 Å². The number of ether oxygens (including phenoxy) is 3. The molecule has 2 heterocycles. The molecule has 0 spiro atoms. The van der Waals surface area contributed by atoms with Gasteiger partial charge in [0.2, 0.25) is 5.79 Å². The SMILES string of the molecule is OCC1(COc2ccc(-n3ccnc3)cc2)OCCO1. The molecule has 0 saturated carbocycles. The van der Waals surface area contributed by atoms with Gasteiger partial charge in [0.05, 0.1) is 19.5 Å². The number of benzene rings is 1. The number of rotatable bonds is 5. The second-order valence-corrected chi connectivity index (χ2v) is 4.52. The Balaban J connectivity index is 1.64. The van der Waals surface area contributed by atoms with E-state index >= 15 is 0 Å². The number of aliphatic hydroxyl groups is 1. The summed E-state index contributed by atoms with van der Waals surface area (Å²) < 4.78 is 18.3. The van der Waals surface area contributed by atoms with Gasteiger partial charge in [-0.2, -0.15) is 0 Å². The Morgan fingerprint density at radius 2 is 2.00 bits per heavy atom. The van der Waals surface area contributed by atoms with Gasteiger partial charge in [0.15, 0.2) is 0 Å². The highest BCUT2D eigenvalue weighted by Gasteiger charge is 2.37. The van der Waals surface area contributed by atoms with Crippen molar-refractivity contribution in [3.05, 3.63) is 43.0 Å². The van der Waals surface area contributed by atoms with E-state index in [0.29, 0.717) is 19.0 Å². The molecule has 106 valence electrons. The van der Waals surface area contributed by atoms with Crippen molar-refractivity contribution < 1.29 is 19.3 Å². The van der Waals surface area contributed by atoms with Crippen molar-refractivity contribution in [3.8, 4) is 11.4 Å². The lowest BCUT2D eigenvalue weighted by Gasteiger charge is -2.24. The predicted octanol–water partition coefficient (Wildman–Crippen LogP) is 0.986. The minimum Gasteiger partial charge on any atom is -0.488 e. The Kier molecular flexibility index (Phi) is 3.68. The molecule has 1 aliphatic rings. The maximum absolute atomic E-state index is 9.32. The molecule has 2 aromatic rings. The van der Waals surface area contributed by atoms with Gasteiger partial charge in [0, 0.05) is 18.1 Å². The molecule has 1 N–H and O–H groups in total. The van der Waals surface area contributed by atoms with Crippen molar-refractivity contribution in [1.82, 2.24) is 9.55 Å². The highest BCUT2D eigenvalue weighted by atomic mass is 16.8. The molecule has 1 saturated heterocycles. The van der Waals surface area contributed by atoms with Crippen molar-refractivity contribution in [2.75, 3.05) is 26.4 Å². The van der Waals surface area contributed by atoms with E-state index in [1.807, 2.05) is 35.0 Å². The first-order valence-electron chi connectivity index (χ1n) is 6.41. The van der Waals surface area contributed by atoms with Gasteiger partial charge in [-0.15, -0.1) is 0 Å². The van der Waals surface area contributed by atoms with Crippen LogP contribution in [0.4, 0.5) is 0 Å². The standard InChI is InChI=1S/C14H16N2O4/c17-9-14(19-7-8-20-14)10-18-13-3-1-12(2-4-13)16-6-5-15-11-16/h1-6,11,17H,7-10H2. The van der Waals surface area contributed by atoms with E-state index in [-0.39, 0.29) is 13.2 Å². The third kappa shape index (κ3) is 2.67. The zero-order valence-corrected chi connectivity index (χ0v) is 10.9. The van der Waals surface area contributed by atoms with Gasteiger partial charge in [-0.3, -0.25) is 0 Å². The lowest BCUT2D eigenvalue weighted by atomic mass is 10.3. The molecule has 1 aromatic heterocycles. The molecule has 0 unspecified atom stereocenters. The first kappa shape index (κ1) is 13.1. The highest BCUT2D eigenvalue weighted by molar-refractivity contribution is 5.37. The first-order valence-corrected chi connectivity index (χ1v) is 6.41. The van der Waals surface area contributed by atoms with Crippen LogP contribution in [0.2, 0.25) is 0 Å². The molecule has 1 aliphatic heterocycles. The number of hydrogen-bond donors (Lipinski definition) is 1. The third-order valence-electron chi connectivity index (χ3n) is 3.15. The normalized spacial score (nSPS) is 17.2. The minimum atomic E-state index is -1.02. The quantitative estimate of drug-likeness (QED) is 0.882. The smallest absolute Gasteiger partial charge is 0.227 e. The summed E-state index contributed by atoms with van der Waals surface area (Å²) in [5.74, 6) is -0.330. The zero-order chi connectivity index (χ0) is 13.8. The Labute approximate surface area is 116 Å². The molecule has 6 nitrogen and oxygen atoms in total. The monoisotopic (exact) mass is 276 g/mol. The van der Waals surface area contributed by atoms with Gasteiger partial charge in [-0.1, -0.05) is 0 Å². The Morgan fingerprint density at radius 1 is 1.25 bits per heavy atom. The number of aromatic nitrogens is 2. The van der Waals surface area contributed by atoms with Crippen molar-refractivity contribution in [3.63, 3.8) is 0 Å². The summed E-state index contributed by atoms with van der Waals surface area (Å²) in [5, 5.41) is 9.32. The van der Waals surface area contributed by atoms with Crippen LogP contribution in [0.15, 0.2) is 43.0 Å². The molecule has 0 radical (unpaired) electrons. The van der Waals surface area contributed by atoms with Crippen molar-refractivity contribution in [1.29, 1.82) is 0 Å². The van der Waals surface area contributed by atoms with Crippen LogP contribution in [0, 0.1) is 0 Å². The maximum atomic E-state index is 9.32. The summed E-state index contributed by atoms with van der Waals surface area (Å²) in [6.07, 6.45) is 5.33.